The number of aromatic nitrogens is 1. The quantitative estimate of drug-likeness (QED) is 0.559. The van der Waals surface area contributed by atoms with E-state index in [9.17, 15) is 14.0 Å². The molecule has 144 valence electrons. The molecule has 28 heavy (non-hydrogen) atoms. The zero-order valence-corrected chi connectivity index (χ0v) is 15.8. The number of anilines is 2. The van der Waals surface area contributed by atoms with Gasteiger partial charge in [0.2, 0.25) is 5.91 Å². The first-order valence-electron chi connectivity index (χ1n) is 8.37. The van der Waals surface area contributed by atoms with E-state index in [2.05, 4.69) is 4.98 Å². The number of benzene rings is 2. The molecule has 8 heteroatoms. The molecule has 0 unspecified atom stereocenters. The maximum absolute atomic E-state index is 14.1. The van der Waals surface area contributed by atoms with E-state index in [1.165, 1.54) is 24.0 Å². The second-order valence-electron chi connectivity index (χ2n) is 5.69. The highest BCUT2D eigenvalue weighted by atomic mass is 32.1. The van der Waals surface area contributed by atoms with Crippen molar-refractivity contribution in [1.29, 1.82) is 0 Å². The van der Waals surface area contributed by atoms with Crippen molar-refractivity contribution in [3.8, 4) is 5.75 Å². The van der Waals surface area contributed by atoms with E-state index in [0.717, 1.165) is 11.3 Å². The predicted molar refractivity (Wildman–Crippen MR) is 103 cm³/mol. The molecule has 0 aliphatic heterocycles. The number of para-hydroxylation sites is 2. The summed E-state index contributed by atoms with van der Waals surface area (Å²) in [6.45, 7) is 1.03. The molecule has 1 aromatic heterocycles. The molecule has 0 radical (unpaired) electrons. The van der Waals surface area contributed by atoms with Gasteiger partial charge in [-0.3, -0.25) is 9.69 Å². The molecule has 2 aromatic carbocycles. The van der Waals surface area contributed by atoms with E-state index in [1.54, 1.807) is 41.8 Å². The van der Waals surface area contributed by atoms with Crippen molar-refractivity contribution in [2.45, 2.75) is 13.5 Å². The summed E-state index contributed by atoms with van der Waals surface area (Å²) in [6, 6.07) is 14.9. The lowest BCUT2D eigenvalue weighted by molar-refractivity contribution is -0.147. The molecule has 0 saturated heterocycles. The van der Waals surface area contributed by atoms with Gasteiger partial charge in [0.1, 0.15) is 18.2 Å². The number of carbonyl (C=O) groups is 2. The summed E-state index contributed by atoms with van der Waals surface area (Å²) in [4.78, 5) is 29.3. The van der Waals surface area contributed by atoms with Gasteiger partial charge in [0.05, 0.1) is 11.4 Å². The standard InChI is InChI=1S/C20H17FN2O4S/c1-14(24)23(18-10-6-5-9-17(18)21)20-22-15(13-28-20)11-27-19(25)12-26-16-7-3-2-4-8-16/h2-10,13H,11-12H2,1H3. The zero-order valence-electron chi connectivity index (χ0n) is 15.0. The van der Waals surface area contributed by atoms with Crippen molar-refractivity contribution in [3.63, 3.8) is 0 Å². The summed E-state index contributed by atoms with van der Waals surface area (Å²) in [5.74, 6) is -0.883. The molecule has 0 fully saturated rings. The Morgan fingerprint density at radius 2 is 1.82 bits per heavy atom. The second kappa shape index (κ2) is 9.09. The third kappa shape index (κ3) is 4.92. The van der Waals surface area contributed by atoms with Gasteiger partial charge < -0.3 is 9.47 Å². The minimum Gasteiger partial charge on any atom is -0.482 e. The number of ether oxygens (including phenoxy) is 2. The first kappa shape index (κ1) is 19.5. The molecule has 0 bridgehead atoms. The number of nitrogens with zero attached hydrogens (tertiary/aromatic N) is 2. The average Bonchev–Trinajstić information content (AvgIpc) is 3.15. The lowest BCUT2D eigenvalue weighted by atomic mass is 10.3. The summed E-state index contributed by atoms with van der Waals surface area (Å²) < 4.78 is 24.5. The minimum atomic E-state index is -0.545. The van der Waals surface area contributed by atoms with Crippen LogP contribution in [0.25, 0.3) is 0 Å². The van der Waals surface area contributed by atoms with Crippen molar-refractivity contribution in [3.05, 3.63) is 71.5 Å². The predicted octanol–water partition coefficient (Wildman–Crippen LogP) is 4.09. The average molecular weight is 400 g/mol. The van der Waals surface area contributed by atoms with Crippen LogP contribution < -0.4 is 9.64 Å². The van der Waals surface area contributed by atoms with Crippen LogP contribution in [-0.2, 0) is 20.9 Å². The lowest BCUT2D eigenvalue weighted by Gasteiger charge is -2.18. The van der Waals surface area contributed by atoms with Crippen molar-refractivity contribution in [2.75, 3.05) is 11.5 Å². The zero-order chi connectivity index (χ0) is 19.9. The summed E-state index contributed by atoms with van der Waals surface area (Å²) in [5.41, 5.74) is 0.569. The molecule has 3 aromatic rings. The van der Waals surface area contributed by atoms with Gasteiger partial charge in [-0.2, -0.15) is 0 Å². The number of thiazole rings is 1. The molecule has 0 aliphatic rings. The highest BCUT2D eigenvalue weighted by Gasteiger charge is 2.21. The molecular weight excluding hydrogens is 383 g/mol. The third-order valence-electron chi connectivity index (χ3n) is 3.62. The SMILES string of the molecule is CC(=O)N(c1nc(COC(=O)COc2ccccc2)cs1)c1ccccc1F. The van der Waals surface area contributed by atoms with E-state index in [1.807, 2.05) is 6.07 Å². The Morgan fingerprint density at radius 1 is 1.11 bits per heavy atom. The molecule has 0 spiro atoms. The second-order valence-corrected chi connectivity index (χ2v) is 6.53. The number of carbonyl (C=O) groups excluding carboxylic acids is 2. The minimum absolute atomic E-state index is 0.0729. The maximum Gasteiger partial charge on any atom is 0.344 e. The fraction of sp³-hybridized carbons (Fsp3) is 0.150. The number of halogens is 1. The van der Waals surface area contributed by atoms with Gasteiger partial charge in [-0.25, -0.2) is 14.2 Å². The molecule has 0 atom stereocenters. The van der Waals surface area contributed by atoms with E-state index in [4.69, 9.17) is 9.47 Å². The molecule has 0 N–H and O–H groups in total. The number of rotatable bonds is 7. The van der Waals surface area contributed by atoms with Crippen molar-refractivity contribution in [2.24, 2.45) is 0 Å². The number of hydrogen-bond donors (Lipinski definition) is 0. The van der Waals surface area contributed by atoms with Gasteiger partial charge in [0.15, 0.2) is 11.7 Å². The molecule has 0 saturated carbocycles. The number of esters is 1. The van der Waals surface area contributed by atoms with Crippen molar-refractivity contribution in [1.82, 2.24) is 4.98 Å². The summed E-state index contributed by atoms with van der Waals surface area (Å²) in [6.07, 6.45) is 0. The normalized spacial score (nSPS) is 10.4. The van der Waals surface area contributed by atoms with Crippen LogP contribution in [0.4, 0.5) is 15.2 Å². The van der Waals surface area contributed by atoms with Gasteiger partial charge in [0, 0.05) is 12.3 Å². The van der Waals surface area contributed by atoms with E-state index >= 15 is 0 Å². The highest BCUT2D eigenvalue weighted by molar-refractivity contribution is 7.14. The molecular formula is C20H17FN2O4S. The van der Waals surface area contributed by atoms with Gasteiger partial charge in [-0.1, -0.05) is 30.3 Å². The van der Waals surface area contributed by atoms with Crippen LogP contribution in [0.2, 0.25) is 0 Å². The largest absolute Gasteiger partial charge is 0.482 e. The summed E-state index contributed by atoms with van der Waals surface area (Å²) >= 11 is 1.16. The highest BCUT2D eigenvalue weighted by Crippen LogP contribution is 2.30. The van der Waals surface area contributed by atoms with Gasteiger partial charge in [-0.05, 0) is 24.3 Å². The van der Waals surface area contributed by atoms with Crippen molar-refractivity contribution < 1.29 is 23.5 Å². The molecule has 1 heterocycles. The Bertz CT molecular complexity index is 962. The summed E-state index contributed by atoms with van der Waals surface area (Å²) in [5, 5.41) is 1.95. The molecule has 0 aliphatic carbocycles. The molecule has 1 amide bonds. The summed E-state index contributed by atoms with van der Waals surface area (Å²) in [7, 11) is 0. The van der Waals surface area contributed by atoms with Gasteiger partial charge in [-0.15, -0.1) is 11.3 Å². The smallest absolute Gasteiger partial charge is 0.344 e. The fourth-order valence-corrected chi connectivity index (χ4v) is 3.23. The van der Waals surface area contributed by atoms with Crippen LogP contribution in [0.3, 0.4) is 0 Å². The first-order valence-corrected chi connectivity index (χ1v) is 9.25. The Hall–Kier alpha value is -3.26. The van der Waals surface area contributed by atoms with Crippen LogP contribution in [0.5, 0.6) is 5.75 Å². The van der Waals surface area contributed by atoms with Crippen LogP contribution in [0.15, 0.2) is 60.0 Å². The Kier molecular flexibility index (Phi) is 6.33. The monoisotopic (exact) mass is 400 g/mol. The number of hydrogen-bond acceptors (Lipinski definition) is 6. The fourth-order valence-electron chi connectivity index (χ4n) is 2.36. The number of amides is 1. The van der Waals surface area contributed by atoms with E-state index in [0.29, 0.717) is 16.6 Å². The van der Waals surface area contributed by atoms with Gasteiger partial charge in [0.25, 0.3) is 0 Å². The first-order chi connectivity index (χ1) is 13.5. The third-order valence-corrected chi connectivity index (χ3v) is 4.49. The molecule has 6 nitrogen and oxygen atoms in total. The van der Waals surface area contributed by atoms with Crippen LogP contribution in [-0.4, -0.2) is 23.5 Å². The maximum atomic E-state index is 14.1. The van der Waals surface area contributed by atoms with Crippen molar-refractivity contribution >= 4 is 34.0 Å². The van der Waals surface area contributed by atoms with Crippen LogP contribution in [0.1, 0.15) is 12.6 Å². The van der Waals surface area contributed by atoms with Crippen LogP contribution >= 0.6 is 11.3 Å². The van der Waals surface area contributed by atoms with E-state index in [-0.39, 0.29) is 24.8 Å². The van der Waals surface area contributed by atoms with Crippen LogP contribution in [0, 0.1) is 5.82 Å². The Labute approximate surface area is 165 Å². The molecule has 3 rings (SSSR count). The lowest BCUT2D eigenvalue weighted by Crippen LogP contribution is -2.23. The Balaban J connectivity index is 1.60. The Morgan fingerprint density at radius 3 is 2.54 bits per heavy atom. The van der Waals surface area contributed by atoms with E-state index < -0.39 is 11.8 Å². The van der Waals surface area contributed by atoms with Gasteiger partial charge >= 0.3 is 5.97 Å². The topological polar surface area (TPSA) is 68.7 Å².